The molecule has 1 atom stereocenters. The van der Waals surface area contributed by atoms with E-state index in [9.17, 15) is 5.11 Å². The normalized spacial score (nSPS) is 14.8. The first-order chi connectivity index (χ1) is 9.06. The van der Waals surface area contributed by atoms with Crippen LogP contribution in [0.5, 0.6) is 0 Å². The van der Waals surface area contributed by atoms with Gasteiger partial charge in [-0.3, -0.25) is 0 Å². The van der Waals surface area contributed by atoms with E-state index < -0.39 is 5.60 Å². The van der Waals surface area contributed by atoms with Crippen molar-refractivity contribution < 1.29 is 5.11 Å². The van der Waals surface area contributed by atoms with E-state index in [4.69, 9.17) is 0 Å². The first kappa shape index (κ1) is 19.0. The van der Waals surface area contributed by atoms with Crippen LogP contribution >= 0.6 is 0 Å². The van der Waals surface area contributed by atoms with E-state index in [2.05, 4.69) is 27.7 Å². The zero-order chi connectivity index (χ0) is 14.6. The number of rotatable bonds is 13. The molecule has 0 saturated heterocycles. The van der Waals surface area contributed by atoms with Crippen molar-refractivity contribution in [3.63, 3.8) is 0 Å². The lowest BCUT2D eigenvalue weighted by Crippen LogP contribution is -2.33. The van der Waals surface area contributed by atoms with Gasteiger partial charge in [-0.05, 0) is 18.8 Å². The Kier molecular flexibility index (Phi) is 11.7. The quantitative estimate of drug-likeness (QED) is 0.401. The van der Waals surface area contributed by atoms with Crippen LogP contribution in [0.3, 0.4) is 0 Å². The highest BCUT2D eigenvalue weighted by Crippen LogP contribution is 2.27. The molecule has 1 N–H and O–H groups in total. The van der Waals surface area contributed by atoms with E-state index in [-0.39, 0.29) is 0 Å². The lowest BCUT2D eigenvalue weighted by Gasteiger charge is -2.31. The van der Waals surface area contributed by atoms with Crippen molar-refractivity contribution in [3.8, 4) is 0 Å². The van der Waals surface area contributed by atoms with Crippen LogP contribution in [0.15, 0.2) is 0 Å². The van der Waals surface area contributed by atoms with Gasteiger partial charge in [0.2, 0.25) is 0 Å². The molecule has 0 aliphatic rings. The molecule has 0 aliphatic carbocycles. The van der Waals surface area contributed by atoms with E-state index in [1.807, 2.05) is 0 Å². The van der Waals surface area contributed by atoms with Gasteiger partial charge in [0.1, 0.15) is 0 Å². The van der Waals surface area contributed by atoms with Crippen molar-refractivity contribution in [2.24, 2.45) is 5.92 Å². The van der Waals surface area contributed by atoms with Crippen LogP contribution in [0.25, 0.3) is 0 Å². The molecule has 0 aromatic rings. The Labute approximate surface area is 122 Å². The first-order valence-corrected chi connectivity index (χ1v) is 8.79. The van der Waals surface area contributed by atoms with Crippen LogP contribution in [-0.4, -0.2) is 10.7 Å². The summed E-state index contributed by atoms with van der Waals surface area (Å²) < 4.78 is 0. The maximum atomic E-state index is 10.4. The van der Waals surface area contributed by atoms with Crippen LogP contribution in [0, 0.1) is 5.92 Å². The van der Waals surface area contributed by atoms with Gasteiger partial charge >= 0.3 is 0 Å². The molecule has 0 heterocycles. The van der Waals surface area contributed by atoms with Gasteiger partial charge in [0.15, 0.2) is 0 Å². The van der Waals surface area contributed by atoms with Crippen molar-refractivity contribution >= 4 is 0 Å². The smallest absolute Gasteiger partial charge is 0.0668 e. The fraction of sp³-hybridized carbons (Fsp3) is 1.00. The van der Waals surface area contributed by atoms with Crippen LogP contribution in [0.2, 0.25) is 0 Å². The Bertz CT molecular complexity index is 188. The van der Waals surface area contributed by atoms with Crippen LogP contribution in [-0.2, 0) is 0 Å². The standard InChI is InChI=1S/C18H38O/c1-5-7-8-9-10-11-12-13-14-15-16-18(19,6-2)17(3)4/h17,19H,5-16H2,1-4H3. The Balaban J connectivity index is 3.35. The maximum absolute atomic E-state index is 10.4. The fourth-order valence-electron chi connectivity index (χ4n) is 2.79. The highest BCUT2D eigenvalue weighted by molar-refractivity contribution is 4.79. The molecular formula is C18H38O. The monoisotopic (exact) mass is 270 g/mol. The van der Waals surface area contributed by atoms with Crippen molar-refractivity contribution in [1.29, 1.82) is 0 Å². The average molecular weight is 271 g/mol. The minimum atomic E-state index is -0.417. The second-order valence-electron chi connectivity index (χ2n) is 6.54. The molecule has 0 spiro atoms. The van der Waals surface area contributed by atoms with Crippen molar-refractivity contribution in [2.75, 3.05) is 0 Å². The van der Waals surface area contributed by atoms with Gasteiger partial charge in [0.25, 0.3) is 0 Å². The summed E-state index contributed by atoms with van der Waals surface area (Å²) in [6.07, 6.45) is 15.5. The number of aliphatic hydroxyl groups is 1. The number of hydrogen-bond donors (Lipinski definition) is 1. The topological polar surface area (TPSA) is 20.2 Å². The second-order valence-corrected chi connectivity index (χ2v) is 6.54. The van der Waals surface area contributed by atoms with Crippen molar-refractivity contribution in [3.05, 3.63) is 0 Å². The lowest BCUT2D eigenvalue weighted by atomic mass is 9.83. The largest absolute Gasteiger partial charge is 0.390 e. The molecule has 1 heteroatoms. The Morgan fingerprint density at radius 3 is 1.53 bits per heavy atom. The van der Waals surface area contributed by atoms with Gasteiger partial charge in [0.05, 0.1) is 5.60 Å². The Morgan fingerprint density at radius 2 is 1.16 bits per heavy atom. The number of unbranched alkanes of at least 4 members (excludes halogenated alkanes) is 9. The van der Waals surface area contributed by atoms with Gasteiger partial charge in [-0.25, -0.2) is 0 Å². The van der Waals surface area contributed by atoms with Gasteiger partial charge in [-0.2, -0.15) is 0 Å². The third-order valence-electron chi connectivity index (χ3n) is 4.65. The summed E-state index contributed by atoms with van der Waals surface area (Å²) >= 11 is 0. The molecule has 0 aromatic carbocycles. The summed E-state index contributed by atoms with van der Waals surface area (Å²) in [7, 11) is 0. The molecule has 0 saturated carbocycles. The molecule has 0 aliphatic heterocycles. The Morgan fingerprint density at radius 1 is 0.737 bits per heavy atom. The predicted molar refractivity (Wildman–Crippen MR) is 86.5 cm³/mol. The molecule has 0 fully saturated rings. The van der Waals surface area contributed by atoms with E-state index in [0.29, 0.717) is 5.92 Å². The van der Waals surface area contributed by atoms with Crippen LogP contribution < -0.4 is 0 Å². The van der Waals surface area contributed by atoms with E-state index >= 15 is 0 Å². The maximum Gasteiger partial charge on any atom is 0.0668 e. The van der Waals surface area contributed by atoms with Gasteiger partial charge < -0.3 is 5.11 Å². The molecule has 1 nitrogen and oxygen atoms in total. The molecule has 0 amide bonds. The number of hydrogen-bond acceptors (Lipinski definition) is 1. The first-order valence-electron chi connectivity index (χ1n) is 8.79. The van der Waals surface area contributed by atoms with E-state index in [1.165, 1.54) is 64.2 Å². The highest BCUT2D eigenvalue weighted by Gasteiger charge is 2.27. The van der Waals surface area contributed by atoms with Crippen LogP contribution in [0.1, 0.15) is 105 Å². The molecular weight excluding hydrogens is 232 g/mol. The molecule has 0 rings (SSSR count). The van der Waals surface area contributed by atoms with Crippen LogP contribution in [0.4, 0.5) is 0 Å². The van der Waals surface area contributed by atoms with E-state index in [0.717, 1.165) is 12.8 Å². The second kappa shape index (κ2) is 11.8. The summed E-state index contributed by atoms with van der Waals surface area (Å²) in [5, 5.41) is 10.4. The van der Waals surface area contributed by atoms with Crippen molar-refractivity contribution in [1.82, 2.24) is 0 Å². The molecule has 116 valence electrons. The SMILES string of the molecule is CCCCCCCCCCCCC(O)(CC)C(C)C. The predicted octanol–water partition coefficient (Wildman–Crippen LogP) is 6.09. The Hall–Kier alpha value is -0.0400. The van der Waals surface area contributed by atoms with Gasteiger partial charge in [-0.1, -0.05) is 91.9 Å². The zero-order valence-corrected chi connectivity index (χ0v) is 14.0. The molecule has 1 unspecified atom stereocenters. The summed E-state index contributed by atoms with van der Waals surface area (Å²) in [4.78, 5) is 0. The van der Waals surface area contributed by atoms with Gasteiger partial charge in [0, 0.05) is 0 Å². The molecule has 19 heavy (non-hydrogen) atoms. The summed E-state index contributed by atoms with van der Waals surface area (Å²) in [5.74, 6) is 0.385. The third-order valence-corrected chi connectivity index (χ3v) is 4.65. The summed E-state index contributed by atoms with van der Waals surface area (Å²) in [5.41, 5.74) is -0.417. The molecule has 0 bridgehead atoms. The van der Waals surface area contributed by atoms with E-state index in [1.54, 1.807) is 0 Å². The zero-order valence-electron chi connectivity index (χ0n) is 14.0. The highest BCUT2D eigenvalue weighted by atomic mass is 16.3. The van der Waals surface area contributed by atoms with Crippen molar-refractivity contribution in [2.45, 2.75) is 110 Å². The molecule has 0 aromatic heterocycles. The summed E-state index contributed by atoms with van der Waals surface area (Å²) in [6, 6.07) is 0. The lowest BCUT2D eigenvalue weighted by molar-refractivity contribution is -0.0186. The third kappa shape index (κ3) is 9.49. The fourth-order valence-corrected chi connectivity index (χ4v) is 2.79. The summed E-state index contributed by atoms with van der Waals surface area (Å²) in [6.45, 7) is 8.66. The minimum Gasteiger partial charge on any atom is -0.390 e. The van der Waals surface area contributed by atoms with Gasteiger partial charge in [-0.15, -0.1) is 0 Å². The molecule has 0 radical (unpaired) electrons. The minimum absolute atomic E-state index is 0.385. The average Bonchev–Trinajstić information content (AvgIpc) is 2.40.